The second kappa shape index (κ2) is 5.86. The zero-order valence-electron chi connectivity index (χ0n) is 10.8. The summed E-state index contributed by atoms with van der Waals surface area (Å²) >= 11 is 0. The molecule has 0 aliphatic heterocycles. The van der Waals surface area contributed by atoms with Crippen molar-refractivity contribution in [3.63, 3.8) is 0 Å². The Hall–Kier alpha value is -1.85. The van der Waals surface area contributed by atoms with Gasteiger partial charge in [-0.15, -0.1) is 0 Å². The van der Waals surface area contributed by atoms with E-state index in [4.69, 9.17) is 0 Å². The molecule has 2 aromatic rings. The Morgan fingerprint density at radius 3 is 2.32 bits per heavy atom. The van der Waals surface area contributed by atoms with Crippen LogP contribution in [0.2, 0.25) is 0 Å². The largest absolute Gasteiger partial charge is 0.433 e. The van der Waals surface area contributed by atoms with Crippen molar-refractivity contribution in [2.45, 2.75) is 26.9 Å². The molecule has 0 amide bonds. The number of aryl methyl sites for hydroxylation is 1. The topological polar surface area (TPSA) is 17.8 Å². The summed E-state index contributed by atoms with van der Waals surface area (Å²) in [6.07, 6.45) is -3.42. The molecule has 0 saturated heterocycles. The first-order valence-corrected chi connectivity index (χ1v) is 5.77. The van der Waals surface area contributed by atoms with Crippen molar-refractivity contribution < 1.29 is 17.6 Å². The van der Waals surface area contributed by atoms with Crippen molar-refractivity contribution in [2.24, 2.45) is 0 Å². The Kier molecular flexibility index (Phi) is 4.69. The predicted molar refractivity (Wildman–Crippen MR) is 64.6 cm³/mol. The Morgan fingerprint density at radius 1 is 1.16 bits per heavy atom. The molecule has 0 N–H and O–H groups in total. The molecule has 2 rings (SSSR count). The van der Waals surface area contributed by atoms with E-state index in [1.54, 1.807) is 0 Å². The van der Waals surface area contributed by atoms with Gasteiger partial charge in [-0.1, -0.05) is 19.9 Å². The molecule has 0 saturated carbocycles. The molecule has 0 spiro atoms. The molecule has 0 aliphatic rings. The molecule has 0 unspecified atom stereocenters. The highest BCUT2D eigenvalue weighted by Crippen LogP contribution is 2.33. The van der Waals surface area contributed by atoms with E-state index in [1.807, 2.05) is 13.8 Å². The van der Waals surface area contributed by atoms with E-state index < -0.39 is 17.7 Å². The van der Waals surface area contributed by atoms with Crippen LogP contribution in [-0.4, -0.2) is 9.78 Å². The van der Waals surface area contributed by atoms with Gasteiger partial charge in [0, 0.05) is 0 Å². The molecule has 1 aromatic heterocycles. The third kappa shape index (κ3) is 3.33. The number of nitrogens with zero attached hydrogens (tertiary/aromatic N) is 2. The molecule has 0 atom stereocenters. The molecule has 19 heavy (non-hydrogen) atoms. The fourth-order valence-corrected chi connectivity index (χ4v) is 1.58. The molecular weight excluding hydrogens is 260 g/mol. The summed E-state index contributed by atoms with van der Waals surface area (Å²) in [6, 6.07) is 4.86. The maximum Gasteiger partial charge on any atom is 0.433 e. The van der Waals surface area contributed by atoms with Crippen LogP contribution in [0.3, 0.4) is 0 Å². The average molecular weight is 274 g/mol. The lowest BCUT2D eigenvalue weighted by atomic mass is 10.2. The van der Waals surface area contributed by atoms with Gasteiger partial charge in [-0.2, -0.15) is 18.3 Å². The molecule has 0 aliphatic carbocycles. The van der Waals surface area contributed by atoms with Crippen LogP contribution >= 0.6 is 0 Å². The van der Waals surface area contributed by atoms with Gasteiger partial charge in [-0.3, -0.25) is 0 Å². The van der Waals surface area contributed by atoms with Crippen LogP contribution in [0.1, 0.15) is 25.1 Å². The summed E-state index contributed by atoms with van der Waals surface area (Å²) in [7, 11) is 0. The van der Waals surface area contributed by atoms with Gasteiger partial charge in [-0.25, -0.2) is 9.07 Å². The fourth-order valence-electron chi connectivity index (χ4n) is 1.58. The summed E-state index contributed by atoms with van der Waals surface area (Å²) < 4.78 is 52.0. The number of halogens is 4. The smallest absolute Gasteiger partial charge is 0.228 e. The first kappa shape index (κ1) is 15.2. The number of benzene rings is 1. The van der Waals surface area contributed by atoms with E-state index >= 15 is 0 Å². The van der Waals surface area contributed by atoms with Crippen LogP contribution in [0.4, 0.5) is 17.6 Å². The Morgan fingerprint density at radius 2 is 1.79 bits per heavy atom. The lowest BCUT2D eigenvalue weighted by Gasteiger charge is -2.11. The van der Waals surface area contributed by atoms with Crippen molar-refractivity contribution in [1.29, 1.82) is 0 Å². The molecule has 6 heteroatoms. The van der Waals surface area contributed by atoms with Crippen molar-refractivity contribution in [1.82, 2.24) is 9.78 Å². The van der Waals surface area contributed by atoms with Gasteiger partial charge >= 0.3 is 6.18 Å². The number of hydrogen-bond donors (Lipinski definition) is 0. The Bertz CT molecular complexity index is 544. The predicted octanol–water partition coefficient (Wildman–Crippen LogP) is 4.36. The Labute approximate surface area is 108 Å². The van der Waals surface area contributed by atoms with Crippen LogP contribution in [0.5, 0.6) is 0 Å². The van der Waals surface area contributed by atoms with Gasteiger partial charge in [0.15, 0.2) is 5.69 Å². The standard InChI is InChI=1S/C11H8F4N2.C2H6/c1-7-6-16-17(10(7)11(13,14)15)9-4-2-3-8(12)5-9;1-2/h2-6H,1H3;1-2H3. The molecule has 1 heterocycles. The molecule has 2 nitrogen and oxygen atoms in total. The summed E-state index contributed by atoms with van der Waals surface area (Å²) in [5.74, 6) is -0.608. The van der Waals surface area contributed by atoms with Crippen LogP contribution < -0.4 is 0 Å². The molecular formula is C13H14F4N2. The van der Waals surface area contributed by atoms with Gasteiger partial charge in [0.25, 0.3) is 0 Å². The summed E-state index contributed by atoms with van der Waals surface area (Å²) in [5.41, 5.74) is -0.838. The van der Waals surface area contributed by atoms with Crippen molar-refractivity contribution in [3.8, 4) is 5.69 Å². The van der Waals surface area contributed by atoms with Gasteiger partial charge in [0.05, 0.1) is 11.9 Å². The van der Waals surface area contributed by atoms with E-state index in [9.17, 15) is 17.6 Å². The van der Waals surface area contributed by atoms with Crippen molar-refractivity contribution in [2.75, 3.05) is 0 Å². The molecule has 0 fully saturated rings. The first-order chi connectivity index (χ1) is 8.89. The van der Waals surface area contributed by atoms with Crippen molar-refractivity contribution >= 4 is 0 Å². The second-order valence-corrected chi connectivity index (χ2v) is 3.57. The molecule has 1 aromatic carbocycles. The normalized spacial score (nSPS) is 10.9. The number of hydrogen-bond acceptors (Lipinski definition) is 1. The fraction of sp³-hybridized carbons (Fsp3) is 0.308. The van der Waals surface area contributed by atoms with Crippen molar-refractivity contribution in [3.05, 3.63) is 47.5 Å². The lowest BCUT2D eigenvalue weighted by Crippen LogP contribution is -2.14. The van der Waals surface area contributed by atoms with Crippen LogP contribution in [0.15, 0.2) is 30.5 Å². The number of aromatic nitrogens is 2. The van der Waals surface area contributed by atoms with E-state index in [-0.39, 0.29) is 11.3 Å². The highest BCUT2D eigenvalue weighted by Gasteiger charge is 2.37. The molecule has 0 radical (unpaired) electrons. The highest BCUT2D eigenvalue weighted by atomic mass is 19.4. The Balaban J connectivity index is 0.000000861. The van der Waals surface area contributed by atoms with E-state index in [0.29, 0.717) is 4.68 Å². The first-order valence-electron chi connectivity index (χ1n) is 5.77. The lowest BCUT2D eigenvalue weighted by molar-refractivity contribution is -0.143. The minimum atomic E-state index is -4.52. The van der Waals surface area contributed by atoms with Gasteiger partial charge in [-0.05, 0) is 30.7 Å². The van der Waals surface area contributed by atoms with Gasteiger partial charge in [0.2, 0.25) is 0 Å². The monoisotopic (exact) mass is 274 g/mol. The SMILES string of the molecule is CC.Cc1cnn(-c2cccc(F)c2)c1C(F)(F)F. The summed E-state index contributed by atoms with van der Waals surface area (Å²) in [6.45, 7) is 5.31. The average Bonchev–Trinajstić information content (AvgIpc) is 2.73. The molecule has 0 bridgehead atoms. The van der Waals surface area contributed by atoms with Gasteiger partial charge in [0.1, 0.15) is 5.82 Å². The highest BCUT2D eigenvalue weighted by molar-refractivity contribution is 5.36. The quantitative estimate of drug-likeness (QED) is 0.706. The zero-order chi connectivity index (χ0) is 14.6. The van der Waals surface area contributed by atoms with Crippen LogP contribution in [0, 0.1) is 12.7 Å². The van der Waals surface area contributed by atoms with Gasteiger partial charge < -0.3 is 0 Å². The van der Waals surface area contributed by atoms with E-state index in [1.165, 1.54) is 19.1 Å². The zero-order valence-corrected chi connectivity index (χ0v) is 10.8. The number of rotatable bonds is 1. The summed E-state index contributed by atoms with van der Waals surface area (Å²) in [5, 5.41) is 3.62. The number of alkyl halides is 3. The van der Waals surface area contributed by atoms with E-state index in [2.05, 4.69) is 5.10 Å². The van der Waals surface area contributed by atoms with Crippen LogP contribution in [-0.2, 0) is 6.18 Å². The van der Waals surface area contributed by atoms with Crippen LogP contribution in [0.25, 0.3) is 5.69 Å². The molecule has 104 valence electrons. The second-order valence-electron chi connectivity index (χ2n) is 3.57. The maximum atomic E-state index is 13.0. The third-order valence-corrected chi connectivity index (χ3v) is 2.27. The summed E-state index contributed by atoms with van der Waals surface area (Å²) in [4.78, 5) is 0. The van der Waals surface area contributed by atoms with E-state index in [0.717, 1.165) is 18.3 Å². The maximum absolute atomic E-state index is 13.0. The minimum absolute atomic E-state index is 0.00163. The minimum Gasteiger partial charge on any atom is -0.228 e. The third-order valence-electron chi connectivity index (χ3n) is 2.27.